The fraction of sp³-hybridized carbons (Fsp3) is 0.222. The highest BCUT2D eigenvalue weighted by atomic mass is 15.3. The molecule has 2 rings (SSSR count). The number of aromatic nitrogens is 4. The third-order valence-corrected chi connectivity index (χ3v) is 1.94. The summed E-state index contributed by atoms with van der Waals surface area (Å²) in [4.78, 5) is 4.13. The molecule has 0 radical (unpaired) electrons. The summed E-state index contributed by atoms with van der Waals surface area (Å²) in [6, 6.07) is 4.07. The molecule has 0 N–H and O–H groups in total. The number of rotatable bonds is 1. The Morgan fingerprint density at radius 1 is 1.08 bits per heavy atom. The van der Waals surface area contributed by atoms with Crippen molar-refractivity contribution in [3.8, 4) is 5.95 Å². The normalized spacial score (nSPS) is 10.3. The van der Waals surface area contributed by atoms with E-state index in [9.17, 15) is 0 Å². The van der Waals surface area contributed by atoms with Crippen LogP contribution in [0.1, 0.15) is 11.4 Å². The van der Waals surface area contributed by atoms with Gasteiger partial charge in [-0.15, -0.1) is 5.10 Å². The SMILES string of the molecule is Cc1ccc(C)n1-c1nccnn1. The van der Waals surface area contributed by atoms with E-state index >= 15 is 0 Å². The van der Waals surface area contributed by atoms with E-state index in [1.807, 2.05) is 30.5 Å². The van der Waals surface area contributed by atoms with Gasteiger partial charge in [-0.25, -0.2) is 4.98 Å². The van der Waals surface area contributed by atoms with E-state index in [1.54, 1.807) is 12.4 Å². The molecule has 13 heavy (non-hydrogen) atoms. The van der Waals surface area contributed by atoms with Crippen molar-refractivity contribution >= 4 is 0 Å². The minimum absolute atomic E-state index is 0.627. The van der Waals surface area contributed by atoms with Crippen molar-refractivity contribution in [3.05, 3.63) is 35.9 Å². The summed E-state index contributed by atoms with van der Waals surface area (Å²) in [7, 11) is 0. The van der Waals surface area contributed by atoms with Crippen LogP contribution in [0.4, 0.5) is 0 Å². The van der Waals surface area contributed by atoms with Crippen LogP contribution in [0, 0.1) is 13.8 Å². The first-order chi connectivity index (χ1) is 6.29. The van der Waals surface area contributed by atoms with E-state index in [1.165, 1.54) is 0 Å². The predicted molar refractivity (Wildman–Crippen MR) is 48.6 cm³/mol. The van der Waals surface area contributed by atoms with Crippen molar-refractivity contribution in [2.24, 2.45) is 0 Å². The van der Waals surface area contributed by atoms with Crippen LogP contribution in [0.5, 0.6) is 0 Å². The Morgan fingerprint density at radius 3 is 2.31 bits per heavy atom. The molecule has 0 amide bonds. The molecular formula is C9H10N4. The van der Waals surface area contributed by atoms with E-state index in [4.69, 9.17) is 0 Å². The zero-order valence-electron chi connectivity index (χ0n) is 7.60. The topological polar surface area (TPSA) is 43.6 Å². The van der Waals surface area contributed by atoms with Crippen LogP contribution in [-0.4, -0.2) is 19.7 Å². The van der Waals surface area contributed by atoms with Crippen molar-refractivity contribution in [1.82, 2.24) is 19.7 Å². The molecule has 0 atom stereocenters. The molecule has 2 heterocycles. The first-order valence-electron chi connectivity index (χ1n) is 4.08. The van der Waals surface area contributed by atoms with Crippen LogP contribution >= 0.6 is 0 Å². The Bertz CT molecular complexity index is 385. The second-order valence-electron chi connectivity index (χ2n) is 2.89. The molecule has 0 saturated carbocycles. The number of hydrogen-bond donors (Lipinski definition) is 0. The lowest BCUT2D eigenvalue weighted by molar-refractivity contribution is 0.820. The highest BCUT2D eigenvalue weighted by Crippen LogP contribution is 2.10. The summed E-state index contributed by atoms with van der Waals surface area (Å²) < 4.78 is 1.97. The smallest absolute Gasteiger partial charge is 0.253 e. The lowest BCUT2D eigenvalue weighted by Crippen LogP contribution is -2.04. The Balaban J connectivity index is 2.59. The standard InChI is InChI=1S/C9H10N4/c1-7-3-4-8(2)13(7)9-10-5-6-11-12-9/h3-6H,1-2H3. The van der Waals surface area contributed by atoms with Crippen LogP contribution in [0.25, 0.3) is 5.95 Å². The van der Waals surface area contributed by atoms with E-state index in [0.29, 0.717) is 5.95 Å². The van der Waals surface area contributed by atoms with Crippen molar-refractivity contribution in [2.45, 2.75) is 13.8 Å². The minimum atomic E-state index is 0.627. The third kappa shape index (κ3) is 1.30. The van der Waals surface area contributed by atoms with E-state index in [2.05, 4.69) is 15.2 Å². The van der Waals surface area contributed by atoms with Gasteiger partial charge in [0.15, 0.2) is 0 Å². The van der Waals surface area contributed by atoms with Gasteiger partial charge in [-0.2, -0.15) is 5.10 Å². The van der Waals surface area contributed by atoms with Gasteiger partial charge in [0.1, 0.15) is 0 Å². The Labute approximate surface area is 76.3 Å². The Hall–Kier alpha value is -1.71. The molecule has 66 valence electrons. The summed E-state index contributed by atoms with van der Waals surface area (Å²) in [5, 5.41) is 7.73. The quantitative estimate of drug-likeness (QED) is 0.654. The average molecular weight is 174 g/mol. The summed E-state index contributed by atoms with van der Waals surface area (Å²) in [6.45, 7) is 4.03. The Kier molecular flexibility index (Phi) is 1.81. The molecule has 2 aromatic rings. The molecule has 0 aliphatic carbocycles. The van der Waals surface area contributed by atoms with Gasteiger partial charge < -0.3 is 0 Å². The summed E-state index contributed by atoms with van der Waals surface area (Å²) in [6.07, 6.45) is 3.21. The van der Waals surface area contributed by atoms with Gasteiger partial charge in [-0.05, 0) is 26.0 Å². The number of aryl methyl sites for hydroxylation is 2. The summed E-state index contributed by atoms with van der Waals surface area (Å²) in [5.74, 6) is 0.627. The molecule has 0 bridgehead atoms. The maximum atomic E-state index is 4.13. The van der Waals surface area contributed by atoms with Gasteiger partial charge in [0.2, 0.25) is 0 Å². The van der Waals surface area contributed by atoms with E-state index in [-0.39, 0.29) is 0 Å². The zero-order chi connectivity index (χ0) is 9.26. The minimum Gasteiger partial charge on any atom is -0.286 e. The fourth-order valence-electron chi connectivity index (χ4n) is 1.33. The molecule has 4 nitrogen and oxygen atoms in total. The van der Waals surface area contributed by atoms with Crippen molar-refractivity contribution < 1.29 is 0 Å². The Morgan fingerprint density at radius 2 is 1.77 bits per heavy atom. The summed E-state index contributed by atoms with van der Waals surface area (Å²) >= 11 is 0. The molecule has 0 spiro atoms. The van der Waals surface area contributed by atoms with Gasteiger partial charge in [0.05, 0.1) is 12.4 Å². The lowest BCUT2D eigenvalue weighted by atomic mass is 10.5. The van der Waals surface area contributed by atoms with Crippen LogP contribution in [0.15, 0.2) is 24.5 Å². The highest BCUT2D eigenvalue weighted by molar-refractivity contribution is 5.24. The van der Waals surface area contributed by atoms with Crippen molar-refractivity contribution in [3.63, 3.8) is 0 Å². The first-order valence-corrected chi connectivity index (χ1v) is 4.08. The molecule has 0 unspecified atom stereocenters. The monoisotopic (exact) mass is 174 g/mol. The van der Waals surface area contributed by atoms with Crippen LogP contribution in [0.2, 0.25) is 0 Å². The van der Waals surface area contributed by atoms with Crippen LogP contribution in [0.3, 0.4) is 0 Å². The lowest BCUT2D eigenvalue weighted by Gasteiger charge is -2.04. The molecule has 2 aromatic heterocycles. The molecule has 0 aromatic carbocycles. The molecule has 0 aliphatic heterocycles. The van der Waals surface area contributed by atoms with E-state index in [0.717, 1.165) is 11.4 Å². The van der Waals surface area contributed by atoms with E-state index < -0.39 is 0 Å². The maximum Gasteiger partial charge on any atom is 0.253 e. The maximum absolute atomic E-state index is 4.13. The zero-order valence-corrected chi connectivity index (χ0v) is 7.60. The van der Waals surface area contributed by atoms with Gasteiger partial charge >= 0.3 is 0 Å². The predicted octanol–water partition coefficient (Wildman–Crippen LogP) is 1.28. The second-order valence-corrected chi connectivity index (χ2v) is 2.89. The molecule has 0 saturated heterocycles. The first kappa shape index (κ1) is 7.91. The highest BCUT2D eigenvalue weighted by Gasteiger charge is 2.04. The van der Waals surface area contributed by atoms with Crippen LogP contribution < -0.4 is 0 Å². The number of hydrogen-bond acceptors (Lipinski definition) is 3. The van der Waals surface area contributed by atoms with Gasteiger partial charge in [-0.3, -0.25) is 4.57 Å². The number of nitrogens with zero attached hydrogens (tertiary/aromatic N) is 4. The fourth-order valence-corrected chi connectivity index (χ4v) is 1.33. The van der Waals surface area contributed by atoms with Crippen molar-refractivity contribution in [2.75, 3.05) is 0 Å². The molecule has 0 aliphatic rings. The summed E-state index contributed by atoms with van der Waals surface area (Å²) in [5.41, 5.74) is 2.23. The third-order valence-electron chi connectivity index (χ3n) is 1.94. The molecule has 0 fully saturated rings. The van der Waals surface area contributed by atoms with Gasteiger partial charge in [-0.1, -0.05) is 0 Å². The average Bonchev–Trinajstić information content (AvgIpc) is 2.48. The van der Waals surface area contributed by atoms with Gasteiger partial charge in [0.25, 0.3) is 5.95 Å². The van der Waals surface area contributed by atoms with Crippen LogP contribution in [-0.2, 0) is 0 Å². The van der Waals surface area contributed by atoms with Crippen molar-refractivity contribution in [1.29, 1.82) is 0 Å². The second kappa shape index (κ2) is 2.97. The molecular weight excluding hydrogens is 164 g/mol. The van der Waals surface area contributed by atoms with Gasteiger partial charge in [0, 0.05) is 11.4 Å². The molecule has 4 heteroatoms. The largest absolute Gasteiger partial charge is 0.286 e.